The van der Waals surface area contributed by atoms with E-state index in [1.165, 1.54) is 242 Å². The summed E-state index contributed by atoms with van der Waals surface area (Å²) in [5.74, 6) is 0.399. The molecule has 3 aliphatic carbocycles. The van der Waals surface area contributed by atoms with Crippen LogP contribution in [-0.4, -0.2) is 0 Å². The van der Waals surface area contributed by atoms with Crippen LogP contribution in [0.1, 0.15) is 73.9 Å². The zero-order valence-electron chi connectivity index (χ0n) is 66.7. The molecule has 118 heavy (non-hydrogen) atoms. The lowest BCUT2D eigenvalue weighted by atomic mass is 9.80. The maximum atomic E-state index is 2.48. The average Bonchev–Trinajstić information content (AvgIpc) is 1.25. The first-order valence-corrected chi connectivity index (χ1v) is 41.7. The summed E-state index contributed by atoms with van der Waals surface area (Å²) in [6.07, 6.45) is 0. The Labute approximate surface area is 688 Å². The normalized spacial score (nSPS) is 13.9. The molecule has 0 radical (unpaired) electrons. The number of hydrogen-bond acceptors (Lipinski definition) is 0. The van der Waals surface area contributed by atoms with E-state index in [-0.39, 0.29) is 10.8 Å². The third-order valence-corrected chi connectivity index (χ3v) is 27.0. The Morgan fingerprint density at radius 3 is 0.907 bits per heavy atom. The van der Waals surface area contributed by atoms with Crippen LogP contribution < -0.4 is 0 Å². The SMILES string of the molecule is CC1(C)c2ccccc2-c2ccc(-c3ccc(-c4cc(-c5c6ccccc6c(-c6cc7ccccc7c7ccccc67)c6ccccc56)c5ccccc5c4)cc3)cc21.CC1c2ccccc2-c2ccc(-c3ccc(-c4cc(-c5c6ccccc6c(-c6ccc7c(c6)C(C)(C)c6ccccc6-7)c6ccccc56)c5ccccc5c4)cc3)cc21. The molecule has 3 aliphatic rings. The highest BCUT2D eigenvalue weighted by molar-refractivity contribution is 6.28. The van der Waals surface area contributed by atoms with Crippen molar-refractivity contribution >= 4 is 86.2 Å². The second-order valence-corrected chi connectivity index (χ2v) is 34.0. The smallest absolute Gasteiger partial charge is 0.0159 e. The fourth-order valence-corrected chi connectivity index (χ4v) is 21.2. The van der Waals surface area contributed by atoms with Crippen LogP contribution in [0.15, 0.2) is 400 Å². The van der Waals surface area contributed by atoms with Crippen molar-refractivity contribution in [2.75, 3.05) is 0 Å². The second kappa shape index (κ2) is 26.9. The zero-order chi connectivity index (χ0) is 78.6. The van der Waals surface area contributed by atoms with Gasteiger partial charge in [0.25, 0.3) is 0 Å². The van der Waals surface area contributed by atoms with E-state index < -0.39 is 0 Å². The molecule has 1 atom stereocenters. The Kier molecular flexibility index (Phi) is 15.8. The predicted molar refractivity (Wildman–Crippen MR) is 505 cm³/mol. The van der Waals surface area contributed by atoms with Crippen LogP contribution in [0.4, 0.5) is 0 Å². The van der Waals surface area contributed by atoms with Crippen molar-refractivity contribution in [2.45, 2.75) is 51.4 Å². The van der Waals surface area contributed by atoms with E-state index in [0.717, 1.165) is 0 Å². The summed E-state index contributed by atoms with van der Waals surface area (Å²) in [7, 11) is 0. The molecule has 0 aliphatic heterocycles. The molecule has 0 amide bonds. The first-order chi connectivity index (χ1) is 58.0. The molecule has 0 aromatic heterocycles. The van der Waals surface area contributed by atoms with E-state index in [0.29, 0.717) is 5.92 Å². The first-order valence-electron chi connectivity index (χ1n) is 41.7. The molecule has 0 N–H and O–H groups in total. The van der Waals surface area contributed by atoms with E-state index in [1.54, 1.807) is 0 Å². The van der Waals surface area contributed by atoms with Crippen molar-refractivity contribution in [3.8, 4) is 122 Å². The molecule has 0 spiro atoms. The molecule has 21 aromatic carbocycles. The Bertz CT molecular complexity index is 7680. The van der Waals surface area contributed by atoms with Gasteiger partial charge in [-0.1, -0.05) is 386 Å². The van der Waals surface area contributed by atoms with Gasteiger partial charge in [0, 0.05) is 16.7 Å². The summed E-state index contributed by atoms with van der Waals surface area (Å²) in [4.78, 5) is 0. The van der Waals surface area contributed by atoms with Gasteiger partial charge < -0.3 is 0 Å². The quantitative estimate of drug-likeness (QED) is 0.105. The van der Waals surface area contributed by atoms with E-state index in [4.69, 9.17) is 0 Å². The molecular weight excluding hydrogens is 1420 g/mol. The lowest BCUT2D eigenvalue weighted by Gasteiger charge is -2.23. The average molecular weight is 1500 g/mol. The molecule has 0 heterocycles. The van der Waals surface area contributed by atoms with E-state index in [2.05, 4.69) is 435 Å². The molecule has 0 heteroatoms. The van der Waals surface area contributed by atoms with Crippen molar-refractivity contribution in [1.82, 2.24) is 0 Å². The molecule has 0 saturated carbocycles. The molecule has 0 fully saturated rings. The molecule has 0 saturated heterocycles. The van der Waals surface area contributed by atoms with Crippen LogP contribution in [0, 0.1) is 0 Å². The molecule has 0 bridgehead atoms. The van der Waals surface area contributed by atoms with Crippen molar-refractivity contribution in [1.29, 1.82) is 0 Å². The fourth-order valence-electron chi connectivity index (χ4n) is 21.2. The van der Waals surface area contributed by atoms with E-state index in [9.17, 15) is 0 Å². The standard InChI is InChI=1S/C59H42.C59H40/c1-36-43-15-6-7-17-45(43)46-30-28-39(33-53(36)46)37-24-26-38(27-25-37)42-32-40-14-4-5-16-44(40)54(34-42)58-51-21-10-8-19-49(51)57(50-20-9-11-22-52(50)58)41-29-31-48-47-18-12-13-23-55(47)59(2,3)56(48)35-41;1-59(2)55-26-14-13-21-47(55)48-32-31-39(36-56(48)59)37-27-29-38(30-28-37)42-33-40-15-3-6-18-44(40)53(35-42)57-49-22-9-11-24-51(49)58(52-25-12-10-23-50(52)57)54-34-41-16-4-5-17-43(41)45-19-7-8-20-46(45)54/h4-36H,1-3H3;3-36H,1-2H3. The van der Waals surface area contributed by atoms with Gasteiger partial charge in [0.05, 0.1) is 0 Å². The topological polar surface area (TPSA) is 0 Å². The fraction of sp³-hybridized carbons (Fsp3) is 0.0678. The van der Waals surface area contributed by atoms with Crippen LogP contribution >= 0.6 is 0 Å². The minimum Gasteiger partial charge on any atom is -0.0619 e. The Balaban J connectivity index is 0.000000138. The minimum atomic E-state index is -0.0721. The summed E-state index contributed by atoms with van der Waals surface area (Å²) in [6, 6.07) is 150. The largest absolute Gasteiger partial charge is 0.0619 e. The number of rotatable bonds is 8. The number of fused-ring (bicyclic) bond motifs is 18. The molecule has 554 valence electrons. The zero-order valence-corrected chi connectivity index (χ0v) is 66.7. The van der Waals surface area contributed by atoms with Crippen LogP contribution in [0.2, 0.25) is 0 Å². The third-order valence-electron chi connectivity index (χ3n) is 27.0. The highest BCUT2D eigenvalue weighted by atomic mass is 14.4. The Morgan fingerprint density at radius 2 is 0.449 bits per heavy atom. The number of benzene rings is 21. The van der Waals surface area contributed by atoms with E-state index >= 15 is 0 Å². The van der Waals surface area contributed by atoms with Crippen molar-refractivity contribution in [3.63, 3.8) is 0 Å². The molecule has 1 unspecified atom stereocenters. The Hall–Kier alpha value is -14.3. The van der Waals surface area contributed by atoms with Gasteiger partial charge >= 0.3 is 0 Å². The van der Waals surface area contributed by atoms with Gasteiger partial charge in [-0.25, -0.2) is 0 Å². The van der Waals surface area contributed by atoms with Crippen LogP contribution in [0.3, 0.4) is 0 Å². The molecule has 0 nitrogen and oxygen atoms in total. The summed E-state index contributed by atoms with van der Waals surface area (Å²) in [5, 5.41) is 20.3. The molecular formula is C118H82. The van der Waals surface area contributed by atoms with Gasteiger partial charge in [-0.2, -0.15) is 0 Å². The maximum Gasteiger partial charge on any atom is 0.0159 e. The summed E-state index contributed by atoms with van der Waals surface area (Å²) in [5.41, 5.74) is 36.6. The molecule has 21 aromatic rings. The minimum absolute atomic E-state index is 0.0286. The van der Waals surface area contributed by atoms with Crippen molar-refractivity contribution < 1.29 is 0 Å². The Morgan fingerprint density at radius 1 is 0.161 bits per heavy atom. The number of hydrogen-bond donors (Lipinski definition) is 0. The van der Waals surface area contributed by atoms with Crippen LogP contribution in [0.5, 0.6) is 0 Å². The van der Waals surface area contributed by atoms with E-state index in [1.807, 2.05) is 0 Å². The predicted octanol–water partition coefficient (Wildman–Crippen LogP) is 32.7. The summed E-state index contributed by atoms with van der Waals surface area (Å²) in [6.45, 7) is 11.8. The van der Waals surface area contributed by atoms with Crippen LogP contribution in [-0.2, 0) is 10.8 Å². The second-order valence-electron chi connectivity index (χ2n) is 34.0. The summed E-state index contributed by atoms with van der Waals surface area (Å²) >= 11 is 0. The third kappa shape index (κ3) is 10.8. The maximum absolute atomic E-state index is 2.48. The lowest BCUT2D eigenvalue weighted by molar-refractivity contribution is 0.660. The monoisotopic (exact) mass is 1500 g/mol. The van der Waals surface area contributed by atoms with Crippen LogP contribution in [0.25, 0.3) is 209 Å². The van der Waals surface area contributed by atoms with Gasteiger partial charge in [-0.15, -0.1) is 0 Å². The first kappa shape index (κ1) is 69.2. The van der Waals surface area contributed by atoms with Crippen molar-refractivity contribution in [2.24, 2.45) is 0 Å². The molecule has 24 rings (SSSR count). The van der Waals surface area contributed by atoms with Crippen molar-refractivity contribution in [3.05, 3.63) is 434 Å². The van der Waals surface area contributed by atoms with Gasteiger partial charge in [-0.3, -0.25) is 0 Å². The van der Waals surface area contributed by atoms with Gasteiger partial charge in [0.1, 0.15) is 0 Å². The van der Waals surface area contributed by atoms with Gasteiger partial charge in [0.2, 0.25) is 0 Å². The highest BCUT2D eigenvalue weighted by Crippen LogP contribution is 2.56. The van der Waals surface area contributed by atoms with Gasteiger partial charge in [-0.05, 0) is 290 Å². The van der Waals surface area contributed by atoms with Gasteiger partial charge in [0.15, 0.2) is 0 Å². The highest BCUT2D eigenvalue weighted by Gasteiger charge is 2.38. The lowest BCUT2D eigenvalue weighted by Crippen LogP contribution is -2.14. The summed E-state index contributed by atoms with van der Waals surface area (Å²) < 4.78 is 0.